The highest BCUT2D eigenvalue weighted by atomic mass is 15.1. The zero-order valence-corrected chi connectivity index (χ0v) is 11.3. The third kappa shape index (κ3) is 2.28. The number of aromatic nitrogens is 2. The van der Waals surface area contributed by atoms with Gasteiger partial charge in [0.2, 0.25) is 0 Å². The molecule has 0 amide bonds. The van der Waals surface area contributed by atoms with Gasteiger partial charge < -0.3 is 10.6 Å². The van der Waals surface area contributed by atoms with Crippen molar-refractivity contribution in [3.8, 4) is 0 Å². The van der Waals surface area contributed by atoms with E-state index in [0.29, 0.717) is 0 Å². The number of anilines is 2. The van der Waals surface area contributed by atoms with Gasteiger partial charge in [-0.15, -0.1) is 0 Å². The molecule has 4 nitrogen and oxygen atoms in total. The van der Waals surface area contributed by atoms with Crippen molar-refractivity contribution in [2.24, 2.45) is 0 Å². The van der Waals surface area contributed by atoms with Crippen molar-refractivity contribution in [2.75, 3.05) is 17.7 Å². The first kappa shape index (κ1) is 12.4. The molecule has 2 aromatic heterocycles. The van der Waals surface area contributed by atoms with Crippen LogP contribution in [0.5, 0.6) is 0 Å². The van der Waals surface area contributed by atoms with Crippen LogP contribution < -0.4 is 10.6 Å². The SMILES string of the molecule is CN(Cc1ccccn1)c1ccc(N)c2cccnc12. The molecule has 0 spiro atoms. The van der Waals surface area contributed by atoms with E-state index in [0.717, 1.165) is 34.5 Å². The minimum atomic E-state index is 0.733. The van der Waals surface area contributed by atoms with Gasteiger partial charge in [0.1, 0.15) is 0 Å². The van der Waals surface area contributed by atoms with Crippen molar-refractivity contribution >= 4 is 22.3 Å². The topological polar surface area (TPSA) is 55.0 Å². The molecule has 0 bridgehead atoms. The van der Waals surface area contributed by atoms with Gasteiger partial charge in [0.05, 0.1) is 23.4 Å². The summed E-state index contributed by atoms with van der Waals surface area (Å²) >= 11 is 0. The number of nitrogens with two attached hydrogens (primary N) is 1. The minimum absolute atomic E-state index is 0.733. The summed E-state index contributed by atoms with van der Waals surface area (Å²) in [6.45, 7) is 0.733. The first-order chi connectivity index (χ1) is 9.75. The monoisotopic (exact) mass is 264 g/mol. The molecule has 0 saturated heterocycles. The molecule has 2 N–H and O–H groups in total. The van der Waals surface area contributed by atoms with Crippen LogP contribution in [0.1, 0.15) is 5.69 Å². The van der Waals surface area contributed by atoms with Crippen LogP contribution in [0, 0.1) is 0 Å². The van der Waals surface area contributed by atoms with Crippen molar-refractivity contribution in [1.82, 2.24) is 9.97 Å². The van der Waals surface area contributed by atoms with E-state index in [1.54, 1.807) is 6.20 Å². The van der Waals surface area contributed by atoms with Gasteiger partial charge in [0, 0.05) is 30.5 Å². The Hall–Kier alpha value is -2.62. The summed E-state index contributed by atoms with van der Waals surface area (Å²) in [5.74, 6) is 0. The molecular formula is C16H16N4. The molecule has 0 radical (unpaired) electrons. The highest BCUT2D eigenvalue weighted by Gasteiger charge is 2.09. The molecule has 20 heavy (non-hydrogen) atoms. The Balaban J connectivity index is 2.00. The van der Waals surface area contributed by atoms with E-state index < -0.39 is 0 Å². The summed E-state index contributed by atoms with van der Waals surface area (Å²) in [6, 6.07) is 13.8. The maximum Gasteiger partial charge on any atom is 0.0955 e. The number of nitrogens with zero attached hydrogens (tertiary/aromatic N) is 3. The first-order valence-electron chi connectivity index (χ1n) is 6.50. The summed E-state index contributed by atoms with van der Waals surface area (Å²) in [6.07, 6.45) is 3.60. The molecule has 0 atom stereocenters. The number of hydrogen-bond acceptors (Lipinski definition) is 4. The molecular weight excluding hydrogens is 248 g/mol. The van der Waals surface area contributed by atoms with E-state index in [-0.39, 0.29) is 0 Å². The van der Waals surface area contributed by atoms with Crippen molar-refractivity contribution in [2.45, 2.75) is 6.54 Å². The number of benzene rings is 1. The predicted molar refractivity (Wildman–Crippen MR) is 82.5 cm³/mol. The van der Waals surface area contributed by atoms with Gasteiger partial charge in [0.25, 0.3) is 0 Å². The Kier molecular flexibility index (Phi) is 3.21. The molecule has 0 unspecified atom stereocenters. The van der Waals surface area contributed by atoms with Gasteiger partial charge in [-0.3, -0.25) is 9.97 Å². The van der Waals surface area contributed by atoms with E-state index in [2.05, 4.69) is 14.9 Å². The Bertz CT molecular complexity index is 725. The molecule has 100 valence electrons. The summed E-state index contributed by atoms with van der Waals surface area (Å²) in [4.78, 5) is 11.0. The molecule has 0 aliphatic rings. The summed E-state index contributed by atoms with van der Waals surface area (Å²) in [7, 11) is 2.04. The molecule has 0 aliphatic carbocycles. The lowest BCUT2D eigenvalue weighted by atomic mass is 10.1. The molecule has 0 aliphatic heterocycles. The Morgan fingerprint density at radius 2 is 1.85 bits per heavy atom. The first-order valence-corrected chi connectivity index (χ1v) is 6.50. The standard InChI is InChI=1S/C16H16N4/c1-20(11-12-5-2-3-9-18-12)15-8-7-14(17)13-6-4-10-19-16(13)15/h2-10H,11,17H2,1H3. The fourth-order valence-electron chi connectivity index (χ4n) is 2.31. The van der Waals surface area contributed by atoms with Crippen molar-refractivity contribution < 1.29 is 0 Å². The van der Waals surface area contributed by atoms with Crippen molar-refractivity contribution in [3.05, 3.63) is 60.6 Å². The average Bonchev–Trinajstić information content (AvgIpc) is 2.49. The zero-order valence-electron chi connectivity index (χ0n) is 11.3. The van der Waals surface area contributed by atoms with E-state index in [1.807, 2.05) is 55.7 Å². The van der Waals surface area contributed by atoms with Crippen LogP contribution in [0.4, 0.5) is 11.4 Å². The quantitative estimate of drug-likeness (QED) is 0.739. The number of nitrogen functional groups attached to an aromatic ring is 1. The molecule has 3 aromatic rings. The minimum Gasteiger partial charge on any atom is -0.398 e. The van der Waals surface area contributed by atoms with Crippen molar-refractivity contribution in [3.63, 3.8) is 0 Å². The van der Waals surface area contributed by atoms with Gasteiger partial charge in [0.15, 0.2) is 0 Å². The Labute approximate surface area is 117 Å². The van der Waals surface area contributed by atoms with Crippen molar-refractivity contribution in [1.29, 1.82) is 0 Å². The summed E-state index contributed by atoms with van der Waals surface area (Å²) in [5, 5.41) is 0.984. The maximum atomic E-state index is 6.01. The lowest BCUT2D eigenvalue weighted by Gasteiger charge is -2.20. The van der Waals surface area contributed by atoms with Crippen LogP contribution in [-0.4, -0.2) is 17.0 Å². The summed E-state index contributed by atoms with van der Waals surface area (Å²) < 4.78 is 0. The van der Waals surface area contributed by atoms with Gasteiger partial charge in [-0.25, -0.2) is 0 Å². The molecule has 0 fully saturated rings. The van der Waals surface area contributed by atoms with Crippen LogP contribution in [0.25, 0.3) is 10.9 Å². The van der Waals surface area contributed by atoms with Crippen LogP contribution in [-0.2, 0) is 6.54 Å². The second kappa shape index (κ2) is 5.17. The zero-order chi connectivity index (χ0) is 13.9. The average molecular weight is 264 g/mol. The Morgan fingerprint density at radius 3 is 2.65 bits per heavy atom. The Morgan fingerprint density at radius 1 is 1.00 bits per heavy atom. The van der Waals surface area contributed by atoms with E-state index in [4.69, 9.17) is 5.73 Å². The molecule has 2 heterocycles. The molecule has 1 aromatic carbocycles. The normalized spacial score (nSPS) is 10.7. The van der Waals surface area contributed by atoms with E-state index in [1.165, 1.54) is 0 Å². The molecule has 4 heteroatoms. The van der Waals surface area contributed by atoms with Crippen LogP contribution in [0.3, 0.4) is 0 Å². The highest BCUT2D eigenvalue weighted by molar-refractivity contribution is 5.98. The molecule has 0 saturated carbocycles. The van der Waals surface area contributed by atoms with Crippen LogP contribution in [0.2, 0.25) is 0 Å². The van der Waals surface area contributed by atoms with Crippen LogP contribution in [0.15, 0.2) is 54.9 Å². The predicted octanol–water partition coefficient (Wildman–Crippen LogP) is 2.85. The number of fused-ring (bicyclic) bond motifs is 1. The van der Waals surface area contributed by atoms with Gasteiger partial charge in [-0.1, -0.05) is 6.07 Å². The maximum absolute atomic E-state index is 6.01. The largest absolute Gasteiger partial charge is 0.398 e. The van der Waals surface area contributed by atoms with Crippen LogP contribution >= 0.6 is 0 Å². The summed E-state index contributed by atoms with van der Waals surface area (Å²) in [5.41, 5.74) is 9.76. The second-order valence-electron chi connectivity index (χ2n) is 4.75. The number of hydrogen-bond donors (Lipinski definition) is 1. The number of rotatable bonds is 3. The third-order valence-electron chi connectivity index (χ3n) is 3.32. The smallest absolute Gasteiger partial charge is 0.0955 e. The highest BCUT2D eigenvalue weighted by Crippen LogP contribution is 2.29. The molecule has 3 rings (SSSR count). The number of pyridine rings is 2. The van der Waals surface area contributed by atoms with E-state index in [9.17, 15) is 0 Å². The fraction of sp³-hybridized carbons (Fsp3) is 0.125. The van der Waals surface area contributed by atoms with Gasteiger partial charge >= 0.3 is 0 Å². The lowest BCUT2D eigenvalue weighted by molar-refractivity contribution is 0.887. The van der Waals surface area contributed by atoms with E-state index >= 15 is 0 Å². The third-order valence-corrected chi connectivity index (χ3v) is 3.32. The fourth-order valence-corrected chi connectivity index (χ4v) is 2.31. The van der Waals surface area contributed by atoms with Gasteiger partial charge in [-0.2, -0.15) is 0 Å². The lowest BCUT2D eigenvalue weighted by Crippen LogP contribution is -2.17. The van der Waals surface area contributed by atoms with Gasteiger partial charge in [-0.05, 0) is 36.4 Å². The second-order valence-corrected chi connectivity index (χ2v) is 4.75.